The maximum Gasteiger partial charge on any atom is 0.325 e. The smallest absolute Gasteiger partial charge is 0.311 e. The van der Waals surface area contributed by atoms with Crippen LogP contribution in [0.2, 0.25) is 39.3 Å². The Hall–Kier alpha value is -0.886. The Morgan fingerprint density at radius 2 is 1.33 bits per heavy atom. The number of nitrogens with one attached hydrogen (secondary N) is 2. The van der Waals surface area contributed by atoms with Crippen molar-refractivity contribution in [2.24, 2.45) is 0 Å². The predicted molar refractivity (Wildman–Crippen MR) is 81.8 cm³/mol. The molecule has 0 atom stereocenters. The molecule has 4 nitrogen and oxygen atoms in total. The van der Waals surface area contributed by atoms with Gasteiger partial charge in [0.2, 0.25) is 0 Å². The zero-order chi connectivity index (χ0) is 14.1. The lowest BCUT2D eigenvalue weighted by Gasteiger charge is -2.21. The van der Waals surface area contributed by atoms with Gasteiger partial charge in [0.25, 0.3) is 5.56 Å². The largest absolute Gasteiger partial charge is 0.325 e. The molecule has 0 saturated heterocycles. The van der Waals surface area contributed by atoms with Crippen LogP contribution >= 0.6 is 0 Å². The van der Waals surface area contributed by atoms with E-state index in [0.717, 1.165) is 23.3 Å². The number of rotatable bonds is 4. The minimum atomic E-state index is -1.38. The van der Waals surface area contributed by atoms with Gasteiger partial charge in [-0.05, 0) is 12.1 Å². The van der Waals surface area contributed by atoms with E-state index < -0.39 is 16.1 Å². The van der Waals surface area contributed by atoms with Crippen molar-refractivity contribution in [1.29, 1.82) is 0 Å². The molecule has 0 amide bonds. The standard InChI is InChI=1S/C12H24N2O2Si2/c1-17(2,3)7-9-10(8-18(4,5)6)13-12(16)14-11(9)15/h7-8H2,1-6H3,(H2,13,14,15,16). The Morgan fingerprint density at radius 3 is 1.78 bits per heavy atom. The highest BCUT2D eigenvalue weighted by Crippen LogP contribution is 2.15. The summed E-state index contributed by atoms with van der Waals surface area (Å²) in [5.74, 6) is 0. The highest BCUT2D eigenvalue weighted by Gasteiger charge is 2.23. The number of H-pyrrole nitrogens is 2. The van der Waals surface area contributed by atoms with Gasteiger partial charge in [0.15, 0.2) is 0 Å². The molecule has 102 valence electrons. The maximum absolute atomic E-state index is 12.0. The van der Waals surface area contributed by atoms with Crippen LogP contribution in [0.4, 0.5) is 0 Å². The van der Waals surface area contributed by atoms with Crippen LogP contribution in [0.25, 0.3) is 0 Å². The number of aromatic amines is 2. The molecule has 0 bridgehead atoms. The Morgan fingerprint density at radius 1 is 0.833 bits per heavy atom. The molecule has 1 heterocycles. The first-order valence-electron chi connectivity index (χ1n) is 6.32. The van der Waals surface area contributed by atoms with Gasteiger partial charge in [0.05, 0.1) is 8.07 Å². The van der Waals surface area contributed by atoms with Gasteiger partial charge < -0.3 is 4.98 Å². The highest BCUT2D eigenvalue weighted by atomic mass is 28.3. The average Bonchev–Trinajstić information content (AvgIpc) is 2.06. The lowest BCUT2D eigenvalue weighted by molar-refractivity contribution is 0.931. The van der Waals surface area contributed by atoms with E-state index in [-0.39, 0.29) is 11.2 Å². The van der Waals surface area contributed by atoms with Crippen LogP contribution in [0.3, 0.4) is 0 Å². The molecule has 0 aromatic carbocycles. The Bertz CT molecular complexity index is 533. The van der Waals surface area contributed by atoms with Crippen molar-refractivity contribution in [2.45, 2.75) is 51.4 Å². The fourth-order valence-corrected chi connectivity index (χ4v) is 4.75. The molecule has 18 heavy (non-hydrogen) atoms. The molecule has 0 spiro atoms. The van der Waals surface area contributed by atoms with Crippen LogP contribution in [-0.4, -0.2) is 26.1 Å². The summed E-state index contributed by atoms with van der Waals surface area (Å²) in [6.07, 6.45) is 0. The predicted octanol–water partition coefficient (Wildman–Crippen LogP) is 1.90. The second-order valence-electron chi connectivity index (χ2n) is 7.34. The van der Waals surface area contributed by atoms with Crippen molar-refractivity contribution in [2.75, 3.05) is 0 Å². The molecule has 0 aliphatic heterocycles. The van der Waals surface area contributed by atoms with E-state index in [1.807, 2.05) is 0 Å². The normalized spacial score (nSPS) is 12.8. The molecule has 2 N–H and O–H groups in total. The molecule has 0 radical (unpaired) electrons. The van der Waals surface area contributed by atoms with Crippen molar-refractivity contribution >= 4 is 16.1 Å². The van der Waals surface area contributed by atoms with Crippen molar-refractivity contribution in [1.82, 2.24) is 9.97 Å². The third kappa shape index (κ3) is 4.77. The second-order valence-corrected chi connectivity index (χ2v) is 18.3. The molecule has 1 aromatic heterocycles. The van der Waals surface area contributed by atoms with E-state index in [0.29, 0.717) is 0 Å². The van der Waals surface area contributed by atoms with Crippen LogP contribution in [-0.2, 0) is 12.1 Å². The molecule has 0 saturated carbocycles. The van der Waals surface area contributed by atoms with E-state index in [1.165, 1.54) is 0 Å². The van der Waals surface area contributed by atoms with Gasteiger partial charge in [0.1, 0.15) is 0 Å². The first-order chi connectivity index (χ1) is 7.98. The first kappa shape index (κ1) is 15.2. The zero-order valence-corrected chi connectivity index (χ0v) is 14.2. The summed E-state index contributed by atoms with van der Waals surface area (Å²) < 4.78 is 0. The number of hydrogen-bond acceptors (Lipinski definition) is 2. The monoisotopic (exact) mass is 284 g/mol. The van der Waals surface area contributed by atoms with Gasteiger partial charge in [-0.25, -0.2) is 4.79 Å². The molecule has 6 heteroatoms. The Kier molecular flexibility index (Phi) is 4.22. The SMILES string of the molecule is C[Si](C)(C)Cc1[nH]c(=O)[nH]c(=O)c1C[Si](C)(C)C. The first-order valence-corrected chi connectivity index (χ1v) is 13.7. The fourth-order valence-electron chi connectivity index (χ4n) is 1.96. The maximum atomic E-state index is 12.0. The van der Waals surface area contributed by atoms with Crippen molar-refractivity contribution < 1.29 is 0 Å². The number of hydrogen-bond donors (Lipinski definition) is 2. The van der Waals surface area contributed by atoms with E-state index in [1.54, 1.807) is 0 Å². The van der Waals surface area contributed by atoms with Crippen LogP contribution in [0.15, 0.2) is 9.59 Å². The zero-order valence-electron chi connectivity index (χ0n) is 12.2. The van der Waals surface area contributed by atoms with Crippen molar-refractivity contribution in [3.8, 4) is 0 Å². The third-order valence-corrected chi connectivity index (χ3v) is 5.37. The molecular weight excluding hydrogens is 260 g/mol. The summed E-state index contributed by atoms with van der Waals surface area (Å²) in [7, 11) is -2.74. The lowest BCUT2D eigenvalue weighted by Crippen LogP contribution is -2.37. The minimum Gasteiger partial charge on any atom is -0.311 e. The molecule has 1 rings (SSSR count). The molecule has 1 aromatic rings. The van der Waals surface area contributed by atoms with E-state index in [2.05, 4.69) is 49.3 Å². The summed E-state index contributed by atoms with van der Waals surface area (Å²) in [5.41, 5.74) is 1.09. The summed E-state index contributed by atoms with van der Waals surface area (Å²) in [6, 6.07) is 1.67. The molecular formula is C12H24N2O2Si2. The Labute approximate surface area is 110 Å². The topological polar surface area (TPSA) is 65.7 Å². The average molecular weight is 285 g/mol. The second kappa shape index (κ2) is 5.01. The van der Waals surface area contributed by atoms with Gasteiger partial charge in [-0.3, -0.25) is 9.78 Å². The minimum absolute atomic E-state index is 0.200. The van der Waals surface area contributed by atoms with Crippen LogP contribution < -0.4 is 11.2 Å². The molecule has 0 aliphatic rings. The van der Waals surface area contributed by atoms with E-state index in [9.17, 15) is 9.59 Å². The lowest BCUT2D eigenvalue weighted by atomic mass is 10.3. The Balaban J connectivity index is 3.30. The molecule has 0 unspecified atom stereocenters. The van der Waals surface area contributed by atoms with Gasteiger partial charge in [-0.1, -0.05) is 39.3 Å². The van der Waals surface area contributed by atoms with Gasteiger partial charge in [-0.2, -0.15) is 0 Å². The summed E-state index contributed by atoms with van der Waals surface area (Å²) >= 11 is 0. The van der Waals surface area contributed by atoms with Crippen LogP contribution in [0.1, 0.15) is 11.3 Å². The van der Waals surface area contributed by atoms with E-state index >= 15 is 0 Å². The van der Waals surface area contributed by atoms with Crippen molar-refractivity contribution in [3.63, 3.8) is 0 Å². The molecule has 0 aliphatic carbocycles. The van der Waals surface area contributed by atoms with E-state index in [4.69, 9.17) is 0 Å². The van der Waals surface area contributed by atoms with Gasteiger partial charge in [-0.15, -0.1) is 0 Å². The summed E-state index contributed by atoms with van der Waals surface area (Å²) in [6.45, 7) is 13.4. The molecule has 0 fully saturated rings. The van der Waals surface area contributed by atoms with Gasteiger partial charge in [0, 0.05) is 19.3 Å². The van der Waals surface area contributed by atoms with Crippen molar-refractivity contribution in [3.05, 3.63) is 32.1 Å². The van der Waals surface area contributed by atoms with Crippen LogP contribution in [0, 0.1) is 0 Å². The third-order valence-electron chi connectivity index (χ3n) is 2.54. The van der Waals surface area contributed by atoms with Gasteiger partial charge >= 0.3 is 5.69 Å². The summed E-state index contributed by atoms with van der Waals surface area (Å²) in [4.78, 5) is 28.6. The highest BCUT2D eigenvalue weighted by molar-refractivity contribution is 6.76. The summed E-state index contributed by atoms with van der Waals surface area (Å²) in [5, 5.41) is 0. The number of aromatic nitrogens is 2. The quantitative estimate of drug-likeness (QED) is 0.829. The van der Waals surface area contributed by atoms with Crippen LogP contribution in [0.5, 0.6) is 0 Å². The fraction of sp³-hybridized carbons (Fsp3) is 0.667.